The fraction of sp³-hybridized carbons (Fsp3) is 0.143. The normalized spacial score (nSPS) is 14.4. The van der Waals surface area contributed by atoms with E-state index in [1.54, 1.807) is 12.4 Å². The summed E-state index contributed by atoms with van der Waals surface area (Å²) in [6, 6.07) is 22.1. The molecule has 4 N–H and O–H groups in total. The molecule has 2 aromatic carbocycles. The van der Waals surface area contributed by atoms with Crippen molar-refractivity contribution in [1.29, 1.82) is 0 Å². The molecule has 0 bridgehead atoms. The first kappa shape index (κ1) is 29.0. The van der Waals surface area contributed by atoms with Crippen LogP contribution >= 0.6 is 34.0 Å². The Labute approximate surface area is 262 Å². The van der Waals surface area contributed by atoms with Gasteiger partial charge in [0.15, 0.2) is 0 Å². The van der Waals surface area contributed by atoms with Gasteiger partial charge in [-0.2, -0.15) is 10.2 Å². The molecule has 0 amide bonds. The summed E-state index contributed by atoms with van der Waals surface area (Å²) >= 11 is 0. The van der Waals surface area contributed by atoms with E-state index in [2.05, 4.69) is 41.7 Å². The number of hydrazone groups is 2. The zero-order valence-corrected chi connectivity index (χ0v) is 25.7. The van der Waals surface area contributed by atoms with Gasteiger partial charge in [0.05, 0.1) is 48.3 Å². The van der Waals surface area contributed by atoms with Crippen LogP contribution in [0.1, 0.15) is 11.4 Å². The maximum atomic E-state index is 5.12. The fourth-order valence-corrected chi connectivity index (χ4v) is 4.77. The van der Waals surface area contributed by atoms with E-state index in [1.807, 2.05) is 81.7 Å². The highest BCUT2D eigenvalue weighted by molar-refractivity contribution is 8.93. The number of benzene rings is 2. The average molecular weight is 692 g/mol. The molecule has 42 heavy (non-hydrogen) atoms. The summed E-state index contributed by atoms with van der Waals surface area (Å²) in [5.41, 5.74) is 11.9. The molecule has 0 aliphatic carbocycles. The molecular weight excluding hydrogens is 664 g/mol. The molecular formula is C28H28Br2N12. The van der Waals surface area contributed by atoms with Crippen LogP contribution in [0.3, 0.4) is 0 Å². The van der Waals surface area contributed by atoms with E-state index in [0.717, 1.165) is 65.7 Å². The fourth-order valence-electron chi connectivity index (χ4n) is 4.77. The zero-order valence-electron chi connectivity index (χ0n) is 22.3. The van der Waals surface area contributed by atoms with Crippen LogP contribution < -0.4 is 21.5 Å². The first-order chi connectivity index (χ1) is 19.8. The molecule has 14 heteroatoms. The molecule has 0 spiro atoms. The van der Waals surface area contributed by atoms with Gasteiger partial charge in [-0.25, -0.2) is 30.8 Å². The second-order valence-electron chi connectivity index (χ2n) is 9.16. The van der Waals surface area contributed by atoms with Crippen molar-refractivity contribution in [3.63, 3.8) is 0 Å². The Morgan fingerprint density at radius 3 is 1.79 bits per heavy atom. The molecule has 2 aliphatic heterocycles. The first-order valence-corrected chi connectivity index (χ1v) is 13.0. The standard InChI is InChI=1S/C28H26N12.2BrH/c1-3-7-19(8-4-1)24-21(17-33-37-26-29-12-13-30-26)39-16-11-23-35-25(20-9-5-2-6-10-20)22(40(23)28(39)36-24)18-34-38-27-31-14-15-32-27;;/h1-11,16-18H,12-15H2,(H2,29,30,37)(H2,31,32,38);2*1H/b33-17+,34-18+;;. The van der Waals surface area contributed by atoms with E-state index in [1.165, 1.54) is 0 Å². The van der Waals surface area contributed by atoms with Crippen molar-refractivity contribution < 1.29 is 0 Å². The minimum atomic E-state index is 0. The third-order valence-corrected chi connectivity index (χ3v) is 6.60. The number of aliphatic imine (C=N–C) groups is 2. The predicted octanol–water partition coefficient (Wildman–Crippen LogP) is 3.24. The Morgan fingerprint density at radius 2 is 1.24 bits per heavy atom. The van der Waals surface area contributed by atoms with Crippen LogP contribution in [0.4, 0.5) is 0 Å². The number of aromatic nitrogens is 4. The lowest BCUT2D eigenvalue weighted by Crippen LogP contribution is -2.30. The smallest absolute Gasteiger partial charge is 0.221 e. The summed E-state index contributed by atoms with van der Waals surface area (Å²) in [7, 11) is 0. The van der Waals surface area contributed by atoms with E-state index in [-0.39, 0.29) is 34.0 Å². The van der Waals surface area contributed by atoms with Crippen molar-refractivity contribution in [2.45, 2.75) is 0 Å². The summed E-state index contributed by atoms with van der Waals surface area (Å²) in [4.78, 5) is 18.8. The number of fused-ring (bicyclic) bond motifs is 3. The van der Waals surface area contributed by atoms with E-state index in [9.17, 15) is 0 Å². The molecule has 0 saturated heterocycles. The molecule has 0 fully saturated rings. The van der Waals surface area contributed by atoms with Crippen LogP contribution in [0.25, 0.3) is 33.9 Å². The summed E-state index contributed by atoms with van der Waals surface area (Å²) in [6.07, 6.45) is 5.50. The lowest BCUT2D eigenvalue weighted by molar-refractivity contribution is 0.918. The van der Waals surface area contributed by atoms with E-state index >= 15 is 0 Å². The topological polar surface area (TPSA) is 132 Å². The average Bonchev–Trinajstić information content (AvgIpc) is 3.81. The van der Waals surface area contributed by atoms with Gasteiger partial charge in [0.2, 0.25) is 17.7 Å². The van der Waals surface area contributed by atoms with Crippen molar-refractivity contribution in [3.05, 3.63) is 84.3 Å². The van der Waals surface area contributed by atoms with E-state index in [0.29, 0.717) is 17.7 Å². The summed E-state index contributed by atoms with van der Waals surface area (Å²) in [5, 5.41) is 15.3. The second kappa shape index (κ2) is 13.0. The highest BCUT2D eigenvalue weighted by atomic mass is 79.9. The van der Waals surface area contributed by atoms with Gasteiger partial charge in [-0.1, -0.05) is 60.7 Å². The number of nitrogens with zero attached hydrogens (tertiary/aromatic N) is 8. The van der Waals surface area contributed by atoms with Crippen molar-refractivity contribution in [3.8, 4) is 22.5 Å². The summed E-state index contributed by atoms with van der Waals surface area (Å²) in [6.45, 7) is 3.05. The maximum absolute atomic E-state index is 5.12. The summed E-state index contributed by atoms with van der Waals surface area (Å²) in [5.74, 6) is 1.99. The molecule has 7 rings (SSSR count). The van der Waals surface area contributed by atoms with Gasteiger partial charge in [-0.3, -0.25) is 8.80 Å². The quantitative estimate of drug-likeness (QED) is 0.160. The predicted molar refractivity (Wildman–Crippen MR) is 178 cm³/mol. The Morgan fingerprint density at radius 1 is 0.690 bits per heavy atom. The second-order valence-corrected chi connectivity index (χ2v) is 9.16. The van der Waals surface area contributed by atoms with Gasteiger partial charge < -0.3 is 10.6 Å². The lowest BCUT2D eigenvalue weighted by atomic mass is 10.1. The number of rotatable bonds is 6. The van der Waals surface area contributed by atoms with Crippen LogP contribution in [-0.4, -0.2) is 69.3 Å². The van der Waals surface area contributed by atoms with Crippen LogP contribution in [-0.2, 0) is 0 Å². The maximum Gasteiger partial charge on any atom is 0.221 e. The van der Waals surface area contributed by atoms with E-state index < -0.39 is 0 Å². The van der Waals surface area contributed by atoms with Gasteiger partial charge in [0.1, 0.15) is 5.65 Å². The number of nitrogens with one attached hydrogen (secondary N) is 4. The van der Waals surface area contributed by atoms with Gasteiger partial charge >= 0.3 is 0 Å². The lowest BCUT2D eigenvalue weighted by Gasteiger charge is -2.04. The van der Waals surface area contributed by atoms with Crippen LogP contribution in [0.5, 0.6) is 0 Å². The van der Waals surface area contributed by atoms with Crippen molar-refractivity contribution >= 4 is 69.7 Å². The molecule has 0 saturated carbocycles. The molecule has 0 radical (unpaired) electrons. The van der Waals surface area contributed by atoms with Gasteiger partial charge in [-0.15, -0.1) is 34.0 Å². The van der Waals surface area contributed by atoms with Crippen LogP contribution in [0.2, 0.25) is 0 Å². The molecule has 5 aromatic rings. The zero-order chi connectivity index (χ0) is 26.7. The molecule has 5 heterocycles. The summed E-state index contributed by atoms with van der Waals surface area (Å²) < 4.78 is 4.02. The third kappa shape index (κ3) is 5.63. The first-order valence-electron chi connectivity index (χ1n) is 13.0. The van der Waals surface area contributed by atoms with Gasteiger partial charge in [0.25, 0.3) is 0 Å². The largest absolute Gasteiger partial charge is 0.353 e. The number of guanidine groups is 2. The molecule has 0 unspecified atom stereocenters. The highest BCUT2D eigenvalue weighted by Gasteiger charge is 2.20. The minimum absolute atomic E-state index is 0. The molecule has 12 nitrogen and oxygen atoms in total. The Bertz CT molecular complexity index is 1810. The van der Waals surface area contributed by atoms with Crippen molar-refractivity contribution in [2.75, 3.05) is 26.2 Å². The monoisotopic (exact) mass is 690 g/mol. The Kier molecular flexibility index (Phi) is 8.93. The number of imidazole rings is 2. The number of halogens is 2. The SMILES string of the molecule is Br.Br.C(=N\NC1=NCCN1)/c1c(-c2ccccc2)nc2n1ccc1nc(-c3ccccc3)c(/C=N/NC3=NCCN3)n12. The Balaban J connectivity index is 0.00000176. The number of hydrogen-bond acceptors (Lipinski definition) is 10. The van der Waals surface area contributed by atoms with Crippen LogP contribution in [0.15, 0.2) is 93.1 Å². The van der Waals surface area contributed by atoms with Gasteiger partial charge in [0, 0.05) is 30.4 Å². The highest BCUT2D eigenvalue weighted by Crippen LogP contribution is 2.28. The van der Waals surface area contributed by atoms with Crippen molar-refractivity contribution in [2.24, 2.45) is 20.2 Å². The Hall–Kier alpha value is -4.56. The van der Waals surface area contributed by atoms with Crippen LogP contribution in [0, 0.1) is 0 Å². The van der Waals surface area contributed by atoms with Gasteiger partial charge in [-0.05, 0) is 6.07 Å². The molecule has 2 aliphatic rings. The molecule has 0 atom stereocenters. The minimum Gasteiger partial charge on any atom is -0.353 e. The number of hydrogen-bond donors (Lipinski definition) is 4. The third-order valence-electron chi connectivity index (χ3n) is 6.60. The molecule has 3 aromatic heterocycles. The molecule has 214 valence electrons. The van der Waals surface area contributed by atoms with E-state index in [4.69, 9.17) is 9.97 Å². The van der Waals surface area contributed by atoms with Crippen molar-refractivity contribution in [1.82, 2.24) is 40.3 Å².